The van der Waals surface area contributed by atoms with Crippen LogP contribution in [0.15, 0.2) is 56.9 Å². The van der Waals surface area contributed by atoms with Crippen LogP contribution in [0.5, 0.6) is 0 Å². The molecule has 0 amide bonds. The predicted molar refractivity (Wildman–Crippen MR) is 143 cm³/mol. The number of benzene rings is 2. The van der Waals surface area contributed by atoms with Crippen molar-refractivity contribution in [1.29, 1.82) is 0 Å². The molecular weight excluding hydrogens is 546 g/mol. The molecule has 0 nitrogen and oxygen atoms in total. The summed E-state index contributed by atoms with van der Waals surface area (Å²) < 4.78 is 4.10. The average Bonchev–Trinajstić information content (AvgIpc) is 3.15. The van der Waals surface area contributed by atoms with Gasteiger partial charge in [-0.3, -0.25) is 0 Å². The van der Waals surface area contributed by atoms with E-state index < -0.39 is 21.3 Å². The van der Waals surface area contributed by atoms with Gasteiger partial charge in [-0.15, -0.1) is 0 Å². The van der Waals surface area contributed by atoms with E-state index in [0.29, 0.717) is 9.54 Å². The van der Waals surface area contributed by atoms with E-state index in [9.17, 15) is 0 Å². The van der Waals surface area contributed by atoms with Gasteiger partial charge in [0.15, 0.2) is 0 Å². The largest absolute Gasteiger partial charge is 1.00 e. The predicted octanol–water partition coefficient (Wildman–Crippen LogP) is 3.06. The van der Waals surface area contributed by atoms with Crippen molar-refractivity contribution in [3.63, 3.8) is 0 Å². The van der Waals surface area contributed by atoms with Crippen molar-refractivity contribution in [3.05, 3.63) is 79.2 Å². The third kappa shape index (κ3) is 5.44. The minimum atomic E-state index is -2.22. The van der Waals surface area contributed by atoms with Crippen molar-refractivity contribution in [2.45, 2.75) is 90.6 Å². The van der Waals surface area contributed by atoms with E-state index >= 15 is 0 Å². The van der Waals surface area contributed by atoms with Gasteiger partial charge in [0.25, 0.3) is 0 Å². The van der Waals surface area contributed by atoms with Gasteiger partial charge in [0.2, 0.25) is 0 Å². The quantitative estimate of drug-likeness (QED) is 0.506. The fourth-order valence-electron chi connectivity index (χ4n) is 5.80. The minimum Gasteiger partial charge on any atom is -1.00 e. The van der Waals surface area contributed by atoms with Gasteiger partial charge in [0.1, 0.15) is 0 Å². The summed E-state index contributed by atoms with van der Waals surface area (Å²) in [7, 11) is 0. The maximum absolute atomic E-state index is 2.58. The van der Waals surface area contributed by atoms with Crippen molar-refractivity contribution >= 4 is 3.21 Å². The fourth-order valence-corrected chi connectivity index (χ4v) is 14.9. The Morgan fingerprint density at radius 3 is 1.49 bits per heavy atom. The second kappa shape index (κ2) is 10.6. The summed E-state index contributed by atoms with van der Waals surface area (Å²) in [5.74, 6) is 0.582. The molecular formula is C32H42Cl2Zr. The molecule has 2 aliphatic carbocycles. The van der Waals surface area contributed by atoms with Crippen LogP contribution in [0.4, 0.5) is 0 Å². The molecule has 35 heavy (non-hydrogen) atoms. The Labute approximate surface area is 234 Å². The molecule has 2 aromatic carbocycles. The smallest absolute Gasteiger partial charge is 1.00 e. The van der Waals surface area contributed by atoms with Gasteiger partial charge in [-0.25, -0.2) is 0 Å². The standard InChI is InChI=1S/C21H25.C8H11.C3H6.2ClH.Zr/c1-20(2,3)16-7-9-18-14(12-16)11-15-13-17(21(4,5)6)8-10-19(15)18;1-6-4-7(2)8(3)5-6;1-3-2;;;/h7-13H,1-6H3;4,6H,1-3H3;1-2H3;2*1H;/q;;;;;+2/p-2. The minimum absolute atomic E-state index is 0. The van der Waals surface area contributed by atoms with Gasteiger partial charge in [-0.05, 0) is 0 Å². The molecule has 0 saturated heterocycles. The molecule has 4 rings (SSSR count). The van der Waals surface area contributed by atoms with Crippen molar-refractivity contribution in [2.75, 3.05) is 0 Å². The summed E-state index contributed by atoms with van der Waals surface area (Å²) in [5.41, 5.74) is 12.5. The van der Waals surface area contributed by atoms with Crippen molar-refractivity contribution in [1.82, 2.24) is 0 Å². The molecule has 0 saturated carbocycles. The first-order valence-corrected chi connectivity index (χ1v) is 16.5. The molecule has 0 aromatic heterocycles. The second-order valence-electron chi connectivity index (χ2n) is 12.6. The van der Waals surface area contributed by atoms with Crippen LogP contribution in [0.3, 0.4) is 0 Å². The molecule has 1 unspecified atom stereocenters. The Hall–Kier alpha value is -0.747. The summed E-state index contributed by atoms with van der Waals surface area (Å²) in [6.07, 6.45) is 2.52. The monoisotopic (exact) mass is 586 g/mol. The summed E-state index contributed by atoms with van der Waals surface area (Å²) >= 11 is -2.22. The molecule has 0 spiro atoms. The molecule has 2 aromatic rings. The average molecular weight is 589 g/mol. The Kier molecular flexibility index (Phi) is 9.19. The number of hydrogen-bond donors (Lipinski definition) is 0. The van der Waals surface area contributed by atoms with Gasteiger partial charge in [0, 0.05) is 0 Å². The van der Waals surface area contributed by atoms with Crippen LogP contribution in [0.2, 0.25) is 0 Å². The first-order chi connectivity index (χ1) is 15.2. The first-order valence-electron chi connectivity index (χ1n) is 12.6. The van der Waals surface area contributed by atoms with E-state index in [1.165, 1.54) is 27.8 Å². The van der Waals surface area contributed by atoms with E-state index in [2.05, 4.69) is 119 Å². The van der Waals surface area contributed by atoms with Crippen molar-refractivity contribution in [2.24, 2.45) is 5.92 Å². The maximum atomic E-state index is 2.58. The van der Waals surface area contributed by atoms with Gasteiger partial charge in [0.05, 0.1) is 0 Å². The van der Waals surface area contributed by atoms with Gasteiger partial charge in [-0.2, -0.15) is 0 Å². The Balaban J connectivity index is 0.00000216. The number of fused-ring (bicyclic) bond motifs is 3. The fraction of sp³-hybridized carbons (Fsp3) is 0.469. The SMILES string of the molecule is CC1=CC(C)[C]([Zr+2](=[C](C)C)[CH]2c3cc(C(C)(C)C)ccc3-c3ccc(C(C)(C)C)cc32)=C1C.[Cl-].[Cl-]. The number of halogens is 2. The molecule has 0 radical (unpaired) electrons. The first kappa shape index (κ1) is 30.5. The van der Waals surface area contributed by atoms with Gasteiger partial charge in [-0.1, -0.05) is 0 Å². The maximum Gasteiger partial charge on any atom is -1.00 e. The Morgan fingerprint density at radius 2 is 1.17 bits per heavy atom. The van der Waals surface area contributed by atoms with Crippen LogP contribution >= 0.6 is 0 Å². The van der Waals surface area contributed by atoms with Crippen molar-refractivity contribution < 1.29 is 46.1 Å². The van der Waals surface area contributed by atoms with Crippen molar-refractivity contribution in [3.8, 4) is 11.1 Å². The van der Waals surface area contributed by atoms with Crippen LogP contribution in [0, 0.1) is 5.92 Å². The topological polar surface area (TPSA) is 0 Å². The summed E-state index contributed by atoms with van der Waals surface area (Å²) in [6.45, 7) is 26.1. The van der Waals surface area contributed by atoms with Crippen LogP contribution in [0.1, 0.15) is 102 Å². The third-order valence-electron chi connectivity index (χ3n) is 7.82. The molecule has 2 aliphatic rings. The zero-order chi connectivity index (χ0) is 24.5. The summed E-state index contributed by atoms with van der Waals surface area (Å²) in [4.78, 5) is 0. The Morgan fingerprint density at radius 1 is 0.743 bits per heavy atom. The van der Waals surface area contributed by atoms with Crippen LogP contribution in [0.25, 0.3) is 11.1 Å². The Bertz CT molecular complexity index is 1160. The van der Waals surface area contributed by atoms with E-state index in [1.807, 2.05) is 3.28 Å². The van der Waals surface area contributed by atoms with Gasteiger partial charge >= 0.3 is 211 Å². The third-order valence-corrected chi connectivity index (χ3v) is 16.9. The van der Waals surface area contributed by atoms with Crippen LogP contribution in [-0.2, 0) is 32.1 Å². The zero-order valence-electron chi connectivity index (χ0n) is 23.5. The molecule has 0 aliphatic heterocycles. The molecule has 0 heterocycles. The molecule has 0 fully saturated rings. The van der Waals surface area contributed by atoms with E-state index in [4.69, 9.17) is 0 Å². The number of hydrogen-bond acceptors (Lipinski definition) is 0. The summed E-state index contributed by atoms with van der Waals surface area (Å²) in [5, 5.41) is 0. The molecule has 3 heteroatoms. The second-order valence-corrected chi connectivity index (χ2v) is 19.9. The number of rotatable bonds is 2. The molecule has 0 bridgehead atoms. The van der Waals surface area contributed by atoms with E-state index in [1.54, 1.807) is 19.9 Å². The van der Waals surface area contributed by atoms with Crippen LogP contribution < -0.4 is 24.8 Å². The van der Waals surface area contributed by atoms with Crippen LogP contribution in [-0.4, -0.2) is 3.21 Å². The normalized spacial score (nSPS) is 17.1. The summed E-state index contributed by atoms with van der Waals surface area (Å²) in [6, 6.07) is 14.8. The van der Waals surface area contributed by atoms with Gasteiger partial charge < -0.3 is 24.8 Å². The molecule has 1 atom stereocenters. The zero-order valence-corrected chi connectivity index (χ0v) is 27.4. The van der Waals surface area contributed by atoms with E-state index in [0.717, 1.165) is 0 Å². The molecule has 188 valence electrons. The number of allylic oxidation sites excluding steroid dienone is 4. The molecule has 0 N–H and O–H groups in total. The van der Waals surface area contributed by atoms with E-state index in [-0.39, 0.29) is 35.6 Å².